The van der Waals surface area contributed by atoms with Crippen molar-refractivity contribution < 1.29 is 14.0 Å². The number of rotatable bonds is 6. The zero-order valence-corrected chi connectivity index (χ0v) is 13.3. The molecule has 0 atom stereocenters. The molecule has 7 heteroatoms. The number of nitrogens with one attached hydrogen (secondary N) is 3. The Morgan fingerprint density at radius 3 is 2.67 bits per heavy atom. The minimum absolute atomic E-state index is 0.122. The molecule has 6 nitrogen and oxygen atoms in total. The van der Waals surface area contributed by atoms with Crippen LogP contribution in [-0.4, -0.2) is 30.0 Å². The lowest BCUT2D eigenvalue weighted by molar-refractivity contribution is 0.0951. The predicted octanol–water partition coefficient (Wildman–Crippen LogP) is 2.33. The Labute approximate surface area is 139 Å². The summed E-state index contributed by atoms with van der Waals surface area (Å²) < 4.78 is 14.0. The van der Waals surface area contributed by atoms with E-state index in [-0.39, 0.29) is 11.3 Å². The van der Waals surface area contributed by atoms with Gasteiger partial charge in [0.2, 0.25) is 0 Å². The fraction of sp³-hybridized carbons (Fsp3) is 0.235. The van der Waals surface area contributed by atoms with Gasteiger partial charge in [0, 0.05) is 31.4 Å². The van der Waals surface area contributed by atoms with Crippen molar-refractivity contribution in [2.24, 2.45) is 0 Å². The van der Waals surface area contributed by atoms with Gasteiger partial charge in [0.15, 0.2) is 0 Å². The second kappa shape index (κ2) is 8.61. The summed E-state index contributed by atoms with van der Waals surface area (Å²) in [7, 11) is 0. The SMILES string of the molecule is CCNC(=O)Nc1cccc(F)c1C(=O)NCCc1ccccn1. The molecule has 0 aliphatic heterocycles. The van der Waals surface area contributed by atoms with Crippen LogP contribution in [0, 0.1) is 5.82 Å². The van der Waals surface area contributed by atoms with Gasteiger partial charge < -0.3 is 16.0 Å². The average molecular weight is 330 g/mol. The Kier molecular flexibility index (Phi) is 6.24. The molecule has 1 aromatic carbocycles. The van der Waals surface area contributed by atoms with Gasteiger partial charge in [-0.05, 0) is 31.2 Å². The second-order valence-corrected chi connectivity index (χ2v) is 4.97. The molecule has 3 N–H and O–H groups in total. The van der Waals surface area contributed by atoms with Crippen LogP contribution >= 0.6 is 0 Å². The van der Waals surface area contributed by atoms with E-state index >= 15 is 0 Å². The summed E-state index contributed by atoms with van der Waals surface area (Å²) in [6, 6.07) is 9.10. The zero-order valence-electron chi connectivity index (χ0n) is 13.3. The minimum Gasteiger partial charge on any atom is -0.351 e. The molecule has 24 heavy (non-hydrogen) atoms. The summed E-state index contributed by atoms with van der Waals surface area (Å²) in [5.41, 5.74) is 0.757. The fourth-order valence-electron chi connectivity index (χ4n) is 2.12. The van der Waals surface area contributed by atoms with Crippen LogP contribution in [0.1, 0.15) is 23.0 Å². The van der Waals surface area contributed by atoms with Crippen molar-refractivity contribution in [3.63, 3.8) is 0 Å². The Morgan fingerprint density at radius 2 is 1.96 bits per heavy atom. The summed E-state index contributed by atoms with van der Waals surface area (Å²) in [6.07, 6.45) is 2.20. The molecule has 0 unspecified atom stereocenters. The van der Waals surface area contributed by atoms with Gasteiger partial charge in [-0.1, -0.05) is 12.1 Å². The maximum atomic E-state index is 14.0. The number of pyridine rings is 1. The van der Waals surface area contributed by atoms with E-state index in [2.05, 4.69) is 20.9 Å². The second-order valence-electron chi connectivity index (χ2n) is 4.97. The Bertz CT molecular complexity index is 707. The van der Waals surface area contributed by atoms with Crippen LogP contribution in [0.15, 0.2) is 42.6 Å². The van der Waals surface area contributed by atoms with Crippen LogP contribution in [0.2, 0.25) is 0 Å². The molecule has 2 aromatic rings. The van der Waals surface area contributed by atoms with Crippen molar-refractivity contribution in [3.8, 4) is 0 Å². The number of amides is 3. The van der Waals surface area contributed by atoms with Crippen LogP contribution in [0.3, 0.4) is 0 Å². The Balaban J connectivity index is 2.03. The quantitative estimate of drug-likeness (QED) is 0.760. The largest absolute Gasteiger partial charge is 0.351 e. The standard InChI is InChI=1S/C17H19FN4O2/c1-2-19-17(24)22-14-8-5-7-13(18)15(14)16(23)21-11-9-12-6-3-4-10-20-12/h3-8,10H,2,9,11H2,1H3,(H,21,23)(H2,19,22,24). The van der Waals surface area contributed by atoms with Gasteiger partial charge in [0.05, 0.1) is 11.3 Å². The number of aromatic nitrogens is 1. The van der Waals surface area contributed by atoms with E-state index in [1.54, 1.807) is 19.2 Å². The smallest absolute Gasteiger partial charge is 0.319 e. The number of benzene rings is 1. The van der Waals surface area contributed by atoms with Gasteiger partial charge in [0.25, 0.3) is 5.91 Å². The lowest BCUT2D eigenvalue weighted by Gasteiger charge is -2.12. The van der Waals surface area contributed by atoms with Crippen LogP contribution in [0.25, 0.3) is 0 Å². The van der Waals surface area contributed by atoms with Gasteiger partial charge in [-0.3, -0.25) is 9.78 Å². The predicted molar refractivity (Wildman–Crippen MR) is 89.4 cm³/mol. The van der Waals surface area contributed by atoms with Crippen molar-refractivity contribution in [3.05, 3.63) is 59.7 Å². The van der Waals surface area contributed by atoms with Crippen LogP contribution in [0.5, 0.6) is 0 Å². The van der Waals surface area contributed by atoms with Gasteiger partial charge in [-0.2, -0.15) is 0 Å². The number of urea groups is 1. The van der Waals surface area contributed by atoms with Crippen LogP contribution in [-0.2, 0) is 6.42 Å². The third kappa shape index (κ3) is 4.77. The van der Waals surface area contributed by atoms with Crippen molar-refractivity contribution >= 4 is 17.6 Å². The number of hydrogen-bond acceptors (Lipinski definition) is 3. The van der Waals surface area contributed by atoms with E-state index in [4.69, 9.17) is 0 Å². The molecule has 126 valence electrons. The summed E-state index contributed by atoms with van der Waals surface area (Å²) in [6.45, 7) is 2.49. The molecule has 0 fully saturated rings. The van der Waals surface area contributed by atoms with E-state index < -0.39 is 17.8 Å². The van der Waals surface area contributed by atoms with Crippen molar-refractivity contribution in [1.82, 2.24) is 15.6 Å². The van der Waals surface area contributed by atoms with Gasteiger partial charge in [-0.15, -0.1) is 0 Å². The number of anilines is 1. The highest BCUT2D eigenvalue weighted by Crippen LogP contribution is 2.19. The zero-order chi connectivity index (χ0) is 17.4. The van der Waals surface area contributed by atoms with Crippen molar-refractivity contribution in [1.29, 1.82) is 0 Å². The van der Waals surface area contributed by atoms with Crippen LogP contribution < -0.4 is 16.0 Å². The number of halogens is 1. The summed E-state index contributed by atoms with van der Waals surface area (Å²) in [4.78, 5) is 28.0. The Morgan fingerprint density at radius 1 is 1.12 bits per heavy atom. The highest BCUT2D eigenvalue weighted by atomic mass is 19.1. The number of carbonyl (C=O) groups is 2. The Hall–Kier alpha value is -2.96. The maximum absolute atomic E-state index is 14.0. The van der Waals surface area contributed by atoms with E-state index in [0.29, 0.717) is 19.5 Å². The summed E-state index contributed by atoms with van der Waals surface area (Å²) in [5.74, 6) is -1.28. The normalized spacial score (nSPS) is 10.1. The van der Waals surface area contributed by atoms with Gasteiger partial charge in [-0.25, -0.2) is 9.18 Å². The van der Waals surface area contributed by atoms with Gasteiger partial charge >= 0.3 is 6.03 Å². The fourth-order valence-corrected chi connectivity index (χ4v) is 2.12. The number of hydrogen-bond donors (Lipinski definition) is 3. The molecule has 0 saturated carbocycles. The van der Waals surface area contributed by atoms with Crippen molar-refractivity contribution in [2.75, 3.05) is 18.4 Å². The first-order chi connectivity index (χ1) is 11.6. The molecule has 0 aliphatic carbocycles. The molecule has 0 spiro atoms. The highest BCUT2D eigenvalue weighted by molar-refractivity contribution is 6.03. The molecule has 0 bridgehead atoms. The first kappa shape index (κ1) is 17.4. The summed E-state index contributed by atoms with van der Waals surface area (Å²) in [5, 5.41) is 7.65. The van der Waals surface area contributed by atoms with Gasteiger partial charge in [0.1, 0.15) is 5.82 Å². The molecular weight excluding hydrogens is 311 g/mol. The third-order valence-electron chi connectivity index (χ3n) is 3.22. The molecule has 1 heterocycles. The van der Waals surface area contributed by atoms with E-state index in [1.807, 2.05) is 12.1 Å². The summed E-state index contributed by atoms with van der Waals surface area (Å²) >= 11 is 0. The molecule has 0 radical (unpaired) electrons. The molecule has 3 amide bonds. The van der Waals surface area contributed by atoms with Crippen LogP contribution in [0.4, 0.5) is 14.9 Å². The first-order valence-electron chi connectivity index (χ1n) is 7.63. The first-order valence-corrected chi connectivity index (χ1v) is 7.63. The monoisotopic (exact) mass is 330 g/mol. The lowest BCUT2D eigenvalue weighted by atomic mass is 10.1. The molecule has 0 saturated heterocycles. The average Bonchev–Trinajstić information content (AvgIpc) is 2.56. The number of nitrogens with zero attached hydrogens (tertiary/aromatic N) is 1. The molecule has 1 aromatic heterocycles. The number of carbonyl (C=O) groups excluding carboxylic acids is 2. The maximum Gasteiger partial charge on any atom is 0.319 e. The van der Waals surface area contributed by atoms with E-state index in [0.717, 1.165) is 5.69 Å². The van der Waals surface area contributed by atoms with E-state index in [9.17, 15) is 14.0 Å². The van der Waals surface area contributed by atoms with Crippen molar-refractivity contribution in [2.45, 2.75) is 13.3 Å². The highest BCUT2D eigenvalue weighted by Gasteiger charge is 2.17. The molecule has 2 rings (SSSR count). The molecule has 0 aliphatic rings. The molecular formula is C17H19FN4O2. The third-order valence-corrected chi connectivity index (χ3v) is 3.22. The lowest BCUT2D eigenvalue weighted by Crippen LogP contribution is -2.31. The van der Waals surface area contributed by atoms with E-state index in [1.165, 1.54) is 18.2 Å². The minimum atomic E-state index is -0.695. The topological polar surface area (TPSA) is 83.1 Å².